The molecule has 0 aliphatic heterocycles. The molecule has 0 bridgehead atoms. The highest BCUT2D eigenvalue weighted by Crippen LogP contribution is 2.20. The first-order valence-corrected chi connectivity index (χ1v) is 8.05. The molecule has 0 fully saturated rings. The van der Waals surface area contributed by atoms with Crippen LogP contribution in [-0.4, -0.2) is 30.8 Å². The fourth-order valence-electron chi connectivity index (χ4n) is 1.18. The molecule has 100 valence electrons. The first-order chi connectivity index (χ1) is 8.86. The molecule has 2 rings (SSSR count). The van der Waals surface area contributed by atoms with Gasteiger partial charge in [0.05, 0.1) is 0 Å². The van der Waals surface area contributed by atoms with Crippen LogP contribution in [0.25, 0.3) is 0 Å². The zero-order valence-electron chi connectivity index (χ0n) is 9.62. The van der Waals surface area contributed by atoms with E-state index >= 15 is 0 Å². The van der Waals surface area contributed by atoms with Gasteiger partial charge in [0.1, 0.15) is 0 Å². The summed E-state index contributed by atoms with van der Waals surface area (Å²) in [7, 11) is -3.41. The summed E-state index contributed by atoms with van der Waals surface area (Å²) in [6.07, 6.45) is 1.03. The van der Waals surface area contributed by atoms with Crippen LogP contribution in [-0.2, 0) is 9.84 Å². The van der Waals surface area contributed by atoms with Crippen LogP contribution in [0.2, 0.25) is 5.02 Å². The van der Waals surface area contributed by atoms with Crippen molar-refractivity contribution in [2.24, 2.45) is 0 Å². The highest BCUT2D eigenvalue weighted by atomic mass is 35.5. The Hall–Kier alpha value is -1.51. The minimum atomic E-state index is -3.41. The molecular formula is C10H8ClN3O3S2. The maximum absolute atomic E-state index is 11.8. The van der Waals surface area contributed by atoms with Gasteiger partial charge in [-0.1, -0.05) is 22.9 Å². The van der Waals surface area contributed by atoms with E-state index in [0.29, 0.717) is 10.6 Å². The lowest BCUT2D eigenvalue weighted by atomic mass is 10.2. The zero-order valence-corrected chi connectivity index (χ0v) is 12.0. The average molecular weight is 318 g/mol. The lowest BCUT2D eigenvalue weighted by Gasteiger charge is -2.00. The van der Waals surface area contributed by atoms with Gasteiger partial charge in [-0.3, -0.25) is 10.1 Å². The van der Waals surface area contributed by atoms with E-state index in [1.807, 2.05) is 0 Å². The number of halogens is 1. The summed E-state index contributed by atoms with van der Waals surface area (Å²) < 4.78 is 22.3. The first kappa shape index (κ1) is 13.9. The van der Waals surface area contributed by atoms with Crippen molar-refractivity contribution < 1.29 is 13.2 Å². The average Bonchev–Trinajstić information content (AvgIpc) is 2.78. The van der Waals surface area contributed by atoms with Gasteiger partial charge in [-0.25, -0.2) is 8.42 Å². The molecular weight excluding hydrogens is 310 g/mol. The molecule has 1 aromatic heterocycles. The van der Waals surface area contributed by atoms with Gasteiger partial charge in [0.2, 0.25) is 19.3 Å². The van der Waals surface area contributed by atoms with Crippen molar-refractivity contribution >= 4 is 43.8 Å². The Morgan fingerprint density at radius 3 is 2.42 bits per heavy atom. The maximum atomic E-state index is 11.8. The Kier molecular flexibility index (Phi) is 3.83. The van der Waals surface area contributed by atoms with E-state index in [1.54, 1.807) is 24.3 Å². The molecule has 1 aromatic carbocycles. The molecule has 1 heterocycles. The molecule has 2 aromatic rings. The number of carbonyl (C=O) groups excluding carboxylic acids is 1. The predicted octanol–water partition coefficient (Wildman–Crippen LogP) is 1.85. The molecule has 0 aliphatic rings. The standard InChI is InChI=1S/C10H8ClN3O3S2/c1-19(16,17)10-14-13-9(18-10)12-8(15)6-2-4-7(11)5-3-6/h2-5H,1H3,(H,12,13,15). The summed E-state index contributed by atoms with van der Waals surface area (Å²) >= 11 is 6.51. The monoisotopic (exact) mass is 317 g/mol. The molecule has 0 spiro atoms. The highest BCUT2D eigenvalue weighted by molar-refractivity contribution is 7.92. The number of sulfone groups is 1. The van der Waals surface area contributed by atoms with E-state index in [9.17, 15) is 13.2 Å². The fourth-order valence-corrected chi connectivity index (χ4v) is 2.81. The lowest BCUT2D eigenvalue weighted by molar-refractivity contribution is 0.102. The van der Waals surface area contributed by atoms with Crippen LogP contribution in [0.3, 0.4) is 0 Å². The van der Waals surface area contributed by atoms with Gasteiger partial charge in [-0.05, 0) is 24.3 Å². The minimum absolute atomic E-state index is 0.125. The van der Waals surface area contributed by atoms with Gasteiger partial charge in [-0.15, -0.1) is 10.2 Å². The molecule has 0 saturated carbocycles. The largest absolute Gasteiger partial charge is 0.296 e. The molecule has 0 aliphatic carbocycles. The van der Waals surface area contributed by atoms with Crippen molar-refractivity contribution in [2.75, 3.05) is 11.6 Å². The molecule has 1 N–H and O–H groups in total. The van der Waals surface area contributed by atoms with Crippen molar-refractivity contribution in [1.29, 1.82) is 0 Å². The Morgan fingerprint density at radius 2 is 1.89 bits per heavy atom. The second-order valence-corrected chi connectivity index (χ2v) is 7.21. The summed E-state index contributed by atoms with van der Waals surface area (Å²) in [6.45, 7) is 0. The van der Waals surface area contributed by atoms with Crippen molar-refractivity contribution in [1.82, 2.24) is 10.2 Å². The number of hydrogen-bond donors (Lipinski definition) is 1. The SMILES string of the molecule is CS(=O)(=O)c1nnc(NC(=O)c2ccc(Cl)cc2)s1. The van der Waals surface area contributed by atoms with Gasteiger partial charge < -0.3 is 0 Å². The van der Waals surface area contributed by atoms with Crippen LogP contribution < -0.4 is 5.32 Å². The van der Waals surface area contributed by atoms with Gasteiger partial charge in [0.25, 0.3) is 5.91 Å². The molecule has 0 unspecified atom stereocenters. The van der Waals surface area contributed by atoms with E-state index in [-0.39, 0.29) is 9.47 Å². The fraction of sp³-hybridized carbons (Fsp3) is 0.100. The first-order valence-electron chi connectivity index (χ1n) is 4.97. The quantitative estimate of drug-likeness (QED) is 0.873. The van der Waals surface area contributed by atoms with Crippen molar-refractivity contribution in [3.63, 3.8) is 0 Å². The Labute approximate surface area is 118 Å². The topological polar surface area (TPSA) is 89.0 Å². The number of hydrogen-bond acceptors (Lipinski definition) is 6. The number of aromatic nitrogens is 2. The molecule has 0 atom stereocenters. The van der Waals surface area contributed by atoms with Crippen molar-refractivity contribution in [2.45, 2.75) is 4.34 Å². The summed E-state index contributed by atoms with van der Waals surface area (Å²) in [5, 5.41) is 10.2. The van der Waals surface area contributed by atoms with E-state index in [4.69, 9.17) is 11.6 Å². The third-order valence-corrected chi connectivity index (χ3v) is 4.81. The number of carbonyl (C=O) groups is 1. The van der Waals surface area contributed by atoms with E-state index in [0.717, 1.165) is 17.6 Å². The number of amides is 1. The number of nitrogens with zero attached hydrogens (tertiary/aromatic N) is 2. The van der Waals surface area contributed by atoms with E-state index in [2.05, 4.69) is 15.5 Å². The van der Waals surface area contributed by atoms with Crippen LogP contribution >= 0.6 is 22.9 Å². The second kappa shape index (κ2) is 5.24. The smallest absolute Gasteiger partial charge is 0.257 e. The van der Waals surface area contributed by atoms with Crippen molar-refractivity contribution in [3.05, 3.63) is 34.9 Å². The Balaban J connectivity index is 2.15. The van der Waals surface area contributed by atoms with Crippen LogP contribution in [0, 0.1) is 0 Å². The van der Waals surface area contributed by atoms with Gasteiger partial charge in [0.15, 0.2) is 0 Å². The number of nitrogens with one attached hydrogen (secondary N) is 1. The summed E-state index contributed by atoms with van der Waals surface area (Å²) in [5.74, 6) is -0.409. The summed E-state index contributed by atoms with van der Waals surface area (Å²) in [6, 6.07) is 6.27. The molecule has 1 amide bonds. The minimum Gasteiger partial charge on any atom is -0.296 e. The van der Waals surface area contributed by atoms with Gasteiger partial charge in [0, 0.05) is 16.8 Å². The second-order valence-electron chi connectivity index (χ2n) is 3.61. The number of rotatable bonds is 3. The lowest BCUT2D eigenvalue weighted by Crippen LogP contribution is -2.11. The van der Waals surface area contributed by atoms with Crippen LogP contribution in [0.5, 0.6) is 0 Å². The molecule has 19 heavy (non-hydrogen) atoms. The Morgan fingerprint density at radius 1 is 1.26 bits per heavy atom. The van der Waals surface area contributed by atoms with E-state index < -0.39 is 15.7 Å². The normalized spacial score (nSPS) is 11.3. The van der Waals surface area contributed by atoms with Crippen molar-refractivity contribution in [3.8, 4) is 0 Å². The Bertz CT molecular complexity index is 710. The molecule has 0 saturated heterocycles. The van der Waals surface area contributed by atoms with Gasteiger partial charge >= 0.3 is 0 Å². The number of benzene rings is 1. The highest BCUT2D eigenvalue weighted by Gasteiger charge is 2.16. The molecule has 6 nitrogen and oxygen atoms in total. The zero-order chi connectivity index (χ0) is 14.0. The van der Waals surface area contributed by atoms with Crippen LogP contribution in [0.1, 0.15) is 10.4 Å². The third kappa shape index (κ3) is 3.49. The van der Waals surface area contributed by atoms with Crippen LogP contribution in [0.15, 0.2) is 28.6 Å². The summed E-state index contributed by atoms with van der Waals surface area (Å²) in [5.41, 5.74) is 0.389. The summed E-state index contributed by atoms with van der Waals surface area (Å²) in [4.78, 5) is 11.8. The number of anilines is 1. The molecule has 0 radical (unpaired) electrons. The van der Waals surface area contributed by atoms with E-state index in [1.165, 1.54) is 0 Å². The third-order valence-electron chi connectivity index (χ3n) is 2.05. The van der Waals surface area contributed by atoms with Crippen LogP contribution in [0.4, 0.5) is 5.13 Å². The molecule has 9 heteroatoms. The maximum Gasteiger partial charge on any atom is 0.257 e. The van der Waals surface area contributed by atoms with Gasteiger partial charge in [-0.2, -0.15) is 0 Å². The predicted molar refractivity (Wildman–Crippen MR) is 72.4 cm³/mol.